The Hall–Kier alpha value is -4.01. The van der Waals surface area contributed by atoms with E-state index in [1.807, 2.05) is 49.8 Å². The van der Waals surface area contributed by atoms with Gasteiger partial charge in [-0.1, -0.05) is 0 Å². The third-order valence-electron chi connectivity index (χ3n) is 5.27. The highest BCUT2D eigenvalue weighted by Crippen LogP contribution is 2.32. The minimum absolute atomic E-state index is 0.149. The molecule has 0 unspecified atom stereocenters. The quantitative estimate of drug-likeness (QED) is 0.472. The maximum Gasteiger partial charge on any atom is 0.258 e. The van der Waals surface area contributed by atoms with E-state index in [2.05, 4.69) is 20.7 Å². The number of aryl methyl sites for hydroxylation is 2. The van der Waals surface area contributed by atoms with Crippen molar-refractivity contribution >= 4 is 17.6 Å². The van der Waals surface area contributed by atoms with Gasteiger partial charge in [0, 0.05) is 29.6 Å². The van der Waals surface area contributed by atoms with E-state index in [0.717, 1.165) is 28.4 Å². The predicted molar refractivity (Wildman–Crippen MR) is 120 cm³/mol. The zero-order valence-electron chi connectivity index (χ0n) is 18.4. The van der Waals surface area contributed by atoms with Gasteiger partial charge < -0.3 is 19.5 Å². The van der Waals surface area contributed by atoms with Crippen molar-refractivity contribution < 1.29 is 19.0 Å². The minimum atomic E-state index is -0.317. The summed E-state index contributed by atoms with van der Waals surface area (Å²) in [6.45, 7) is 4.45. The van der Waals surface area contributed by atoms with Crippen molar-refractivity contribution in [3.63, 3.8) is 0 Å². The van der Waals surface area contributed by atoms with Crippen LogP contribution in [0.4, 0.5) is 5.69 Å². The fourth-order valence-electron chi connectivity index (χ4n) is 3.34. The van der Waals surface area contributed by atoms with Crippen LogP contribution in [0.2, 0.25) is 0 Å². The van der Waals surface area contributed by atoms with Crippen molar-refractivity contribution in [1.29, 1.82) is 0 Å². The highest BCUT2D eigenvalue weighted by molar-refractivity contribution is 6.10. The van der Waals surface area contributed by atoms with E-state index in [0.29, 0.717) is 29.6 Å². The summed E-state index contributed by atoms with van der Waals surface area (Å²) >= 11 is 0. The number of hydrogen-bond acceptors (Lipinski definition) is 6. The number of anilines is 1. The predicted octanol–water partition coefficient (Wildman–Crippen LogP) is 3.17. The molecule has 0 radical (unpaired) electrons. The molecule has 0 saturated heterocycles. The topological polar surface area (TPSA) is 99.0 Å². The number of hydrogen-bond donors (Lipinski definition) is 2. The number of ether oxygens (including phenoxy) is 3. The van der Waals surface area contributed by atoms with Crippen molar-refractivity contribution in [3.05, 3.63) is 65.0 Å². The number of methoxy groups -OCH3 is 1. The van der Waals surface area contributed by atoms with E-state index in [4.69, 9.17) is 14.2 Å². The summed E-state index contributed by atoms with van der Waals surface area (Å²) in [5, 5.41) is 10.5. The van der Waals surface area contributed by atoms with Crippen LogP contribution in [0.3, 0.4) is 0 Å². The maximum absolute atomic E-state index is 12.9. The van der Waals surface area contributed by atoms with Crippen molar-refractivity contribution in [2.75, 3.05) is 19.2 Å². The summed E-state index contributed by atoms with van der Waals surface area (Å²) in [6.07, 6.45) is 0. The third kappa shape index (κ3) is 4.51. The fourth-order valence-corrected chi connectivity index (χ4v) is 3.34. The molecule has 9 nitrogen and oxygen atoms in total. The number of amides is 1. The summed E-state index contributed by atoms with van der Waals surface area (Å²) < 4.78 is 17.7. The van der Waals surface area contributed by atoms with Crippen LogP contribution < -0.4 is 24.8 Å². The third-order valence-corrected chi connectivity index (χ3v) is 5.27. The molecule has 0 saturated carbocycles. The summed E-state index contributed by atoms with van der Waals surface area (Å²) in [6, 6.07) is 12.4. The highest BCUT2D eigenvalue weighted by atomic mass is 16.7. The van der Waals surface area contributed by atoms with E-state index < -0.39 is 0 Å². The monoisotopic (exact) mass is 435 g/mol. The Morgan fingerprint density at radius 3 is 2.59 bits per heavy atom. The van der Waals surface area contributed by atoms with Gasteiger partial charge in [-0.2, -0.15) is 5.10 Å². The summed E-state index contributed by atoms with van der Waals surface area (Å²) in [7, 11) is 3.51. The number of fused-ring (bicyclic) bond motifs is 1. The number of aliphatic imine (C=N–C) groups is 1. The minimum Gasteiger partial charge on any atom is -0.497 e. The molecule has 0 spiro atoms. The fraction of sp³-hybridized carbons (Fsp3) is 0.261. The number of nitrogens with zero attached hydrogens (tertiary/aromatic N) is 3. The van der Waals surface area contributed by atoms with Gasteiger partial charge in [0.1, 0.15) is 5.75 Å². The molecule has 2 N–H and O–H groups in total. The van der Waals surface area contributed by atoms with Gasteiger partial charge in [0.05, 0.1) is 19.3 Å². The Morgan fingerprint density at radius 2 is 1.91 bits per heavy atom. The van der Waals surface area contributed by atoms with E-state index >= 15 is 0 Å². The largest absolute Gasteiger partial charge is 0.497 e. The molecule has 2 heterocycles. The first-order chi connectivity index (χ1) is 15.4. The normalized spacial score (nSPS) is 12.6. The number of carbonyl (C=O) groups is 1. The van der Waals surface area contributed by atoms with Crippen molar-refractivity contribution in [1.82, 2.24) is 15.1 Å². The van der Waals surface area contributed by atoms with E-state index in [1.54, 1.807) is 25.3 Å². The number of rotatable bonds is 5. The number of nitrogens with one attached hydrogen (secondary N) is 2. The van der Waals surface area contributed by atoms with Crippen LogP contribution in [0, 0.1) is 13.8 Å². The van der Waals surface area contributed by atoms with E-state index in [1.165, 1.54) is 0 Å². The Balaban J connectivity index is 1.57. The summed E-state index contributed by atoms with van der Waals surface area (Å²) in [5.41, 5.74) is 4.14. The molecule has 4 rings (SSSR count). The SMILES string of the molecule is COc1ccc(NC(=NCc2c(C)nn(C)c2C)NC(=O)c2ccc3c(c2)OCO3)cc1. The number of guanidine groups is 1. The van der Waals surface area contributed by atoms with Gasteiger partial charge in [0.2, 0.25) is 12.8 Å². The first-order valence-electron chi connectivity index (χ1n) is 10.1. The van der Waals surface area contributed by atoms with Crippen LogP contribution in [-0.4, -0.2) is 35.5 Å². The second kappa shape index (κ2) is 9.01. The van der Waals surface area contributed by atoms with Gasteiger partial charge in [-0.25, -0.2) is 4.99 Å². The molecule has 3 aromatic rings. The molecule has 0 aliphatic carbocycles. The summed E-state index contributed by atoms with van der Waals surface area (Å²) in [5.74, 6) is 1.90. The van der Waals surface area contributed by atoms with Crippen LogP contribution in [0.5, 0.6) is 17.2 Å². The van der Waals surface area contributed by atoms with Crippen molar-refractivity contribution in [2.45, 2.75) is 20.4 Å². The lowest BCUT2D eigenvalue weighted by molar-refractivity contribution is 0.0976. The van der Waals surface area contributed by atoms with Crippen LogP contribution in [0.25, 0.3) is 0 Å². The highest BCUT2D eigenvalue weighted by Gasteiger charge is 2.17. The first-order valence-corrected chi connectivity index (χ1v) is 10.1. The Morgan fingerprint density at radius 1 is 1.16 bits per heavy atom. The number of aromatic nitrogens is 2. The molecule has 166 valence electrons. The number of carbonyl (C=O) groups excluding carboxylic acids is 1. The standard InChI is InChI=1S/C23H25N5O4/c1-14-19(15(2)28(3)27-14)12-24-23(25-17-6-8-18(30-4)9-7-17)26-22(29)16-5-10-20-21(11-16)32-13-31-20/h5-11H,12-13H2,1-4H3,(H2,24,25,26,29). The average Bonchev–Trinajstić information content (AvgIpc) is 3.36. The van der Waals surface area contributed by atoms with Gasteiger partial charge >= 0.3 is 0 Å². The lowest BCUT2D eigenvalue weighted by atomic mass is 10.2. The zero-order chi connectivity index (χ0) is 22.7. The Kier molecular flexibility index (Phi) is 5.98. The zero-order valence-corrected chi connectivity index (χ0v) is 18.4. The second-order valence-electron chi connectivity index (χ2n) is 7.31. The van der Waals surface area contributed by atoms with Gasteiger partial charge in [-0.15, -0.1) is 0 Å². The Labute approximate surface area is 186 Å². The molecule has 0 bridgehead atoms. The van der Waals surface area contributed by atoms with Crippen LogP contribution in [0.1, 0.15) is 27.3 Å². The van der Waals surface area contributed by atoms with Crippen molar-refractivity contribution in [3.8, 4) is 17.2 Å². The Bertz CT molecular complexity index is 1170. The van der Waals surface area contributed by atoms with E-state index in [9.17, 15) is 4.79 Å². The molecule has 2 aromatic carbocycles. The molecule has 9 heteroatoms. The smallest absolute Gasteiger partial charge is 0.258 e. The molecule has 0 atom stereocenters. The number of benzene rings is 2. The van der Waals surface area contributed by atoms with Crippen LogP contribution in [-0.2, 0) is 13.6 Å². The van der Waals surface area contributed by atoms with Crippen LogP contribution in [0.15, 0.2) is 47.5 Å². The second-order valence-corrected chi connectivity index (χ2v) is 7.31. The molecule has 0 fully saturated rings. The molecule has 32 heavy (non-hydrogen) atoms. The molecular formula is C23H25N5O4. The van der Waals surface area contributed by atoms with E-state index in [-0.39, 0.29) is 12.7 Å². The van der Waals surface area contributed by atoms with Gasteiger partial charge in [-0.3, -0.25) is 14.8 Å². The molecule has 1 amide bonds. The van der Waals surface area contributed by atoms with Gasteiger partial charge in [-0.05, 0) is 56.3 Å². The molecular weight excluding hydrogens is 410 g/mol. The van der Waals surface area contributed by atoms with Crippen molar-refractivity contribution in [2.24, 2.45) is 12.0 Å². The molecule has 1 aliphatic rings. The van der Waals surface area contributed by atoms with Gasteiger partial charge in [0.15, 0.2) is 11.5 Å². The molecule has 1 aliphatic heterocycles. The lowest BCUT2D eigenvalue weighted by Gasteiger charge is -2.13. The lowest BCUT2D eigenvalue weighted by Crippen LogP contribution is -2.36. The van der Waals surface area contributed by atoms with Crippen LogP contribution >= 0.6 is 0 Å². The van der Waals surface area contributed by atoms with Gasteiger partial charge in [0.25, 0.3) is 5.91 Å². The summed E-state index contributed by atoms with van der Waals surface area (Å²) in [4.78, 5) is 17.6. The molecule has 1 aromatic heterocycles. The average molecular weight is 435 g/mol. The first kappa shape index (κ1) is 21.2. The maximum atomic E-state index is 12.9.